The highest BCUT2D eigenvalue weighted by molar-refractivity contribution is 6.19. The Balaban J connectivity index is 1.86. The molecule has 21 heavy (non-hydrogen) atoms. The van der Waals surface area contributed by atoms with Gasteiger partial charge in [-0.3, -0.25) is 9.69 Å². The summed E-state index contributed by atoms with van der Waals surface area (Å²) in [4.78, 5) is 14.7. The Labute approximate surface area is 126 Å². The van der Waals surface area contributed by atoms with Crippen molar-refractivity contribution in [1.29, 1.82) is 0 Å². The number of hydrogen-bond donors (Lipinski definition) is 1. The lowest BCUT2D eigenvalue weighted by Crippen LogP contribution is -2.41. The number of benzene rings is 1. The highest BCUT2D eigenvalue weighted by Crippen LogP contribution is 2.14. The third-order valence-electron chi connectivity index (χ3n) is 3.55. The molecule has 0 saturated carbocycles. The van der Waals surface area contributed by atoms with Gasteiger partial charge in [0.05, 0.1) is 13.2 Å². The highest BCUT2D eigenvalue weighted by atomic mass is 16.5. The van der Waals surface area contributed by atoms with Crippen LogP contribution in [0.5, 0.6) is 0 Å². The number of nitrogens with one attached hydrogen (secondary N) is 1. The van der Waals surface area contributed by atoms with E-state index in [4.69, 9.17) is 4.74 Å². The molecule has 0 unspecified atom stereocenters. The Bertz CT molecular complexity index is 465. The summed E-state index contributed by atoms with van der Waals surface area (Å²) in [6, 6.07) is 9.83. The molecular weight excluding hydrogens is 264 g/mol. The maximum atomic E-state index is 12.4. The van der Waals surface area contributed by atoms with Crippen LogP contribution in [-0.2, 0) is 9.53 Å². The molecule has 1 aromatic rings. The van der Waals surface area contributed by atoms with Crippen LogP contribution in [0, 0.1) is 0 Å². The minimum absolute atomic E-state index is 0.0105. The molecule has 1 saturated heterocycles. The van der Waals surface area contributed by atoms with Gasteiger partial charge in [-0.25, -0.2) is 0 Å². The van der Waals surface area contributed by atoms with Gasteiger partial charge in [0.15, 0.2) is 0 Å². The van der Waals surface area contributed by atoms with Crippen LogP contribution in [0.1, 0.15) is 18.9 Å². The van der Waals surface area contributed by atoms with E-state index in [-0.39, 0.29) is 5.91 Å². The molecule has 114 valence electrons. The monoisotopic (exact) mass is 288 g/mol. The van der Waals surface area contributed by atoms with Gasteiger partial charge in [0.25, 0.3) is 5.91 Å². The molecule has 1 fully saturated rings. The van der Waals surface area contributed by atoms with Crippen LogP contribution in [0.4, 0.5) is 0 Å². The lowest BCUT2D eigenvalue weighted by atomic mass is 10.0. The molecular formula is C17H24N2O2. The summed E-state index contributed by atoms with van der Waals surface area (Å²) in [7, 11) is 0. The van der Waals surface area contributed by atoms with Gasteiger partial charge in [0.1, 0.15) is 0 Å². The Morgan fingerprint density at radius 3 is 2.67 bits per heavy atom. The first-order valence-corrected chi connectivity index (χ1v) is 7.65. The molecule has 0 aliphatic carbocycles. The Morgan fingerprint density at radius 2 is 2.00 bits per heavy atom. The zero-order chi connectivity index (χ0) is 14.9. The molecule has 1 heterocycles. The number of carbonyl (C=O) groups is 1. The van der Waals surface area contributed by atoms with Gasteiger partial charge in [0.2, 0.25) is 0 Å². The van der Waals surface area contributed by atoms with Crippen molar-refractivity contribution in [2.24, 2.45) is 0 Å². The molecule has 4 heteroatoms. The van der Waals surface area contributed by atoms with Gasteiger partial charge in [-0.1, -0.05) is 43.3 Å². The maximum absolute atomic E-state index is 12.4. The van der Waals surface area contributed by atoms with Crippen molar-refractivity contribution in [3.8, 4) is 0 Å². The fourth-order valence-electron chi connectivity index (χ4n) is 2.41. The predicted octanol–water partition coefficient (Wildman–Crippen LogP) is 1.93. The number of allylic oxidation sites excluding steroid dienone is 1. The first-order valence-electron chi connectivity index (χ1n) is 7.65. The Morgan fingerprint density at radius 1 is 1.29 bits per heavy atom. The van der Waals surface area contributed by atoms with E-state index in [1.54, 1.807) is 0 Å². The molecule has 0 atom stereocenters. The quantitative estimate of drug-likeness (QED) is 0.813. The summed E-state index contributed by atoms with van der Waals surface area (Å²) < 4.78 is 5.32. The SMILES string of the molecule is CCC=C(C(=O)NCCN1CCOCC1)c1ccccc1. The van der Waals surface area contributed by atoms with Crippen molar-refractivity contribution in [1.82, 2.24) is 10.2 Å². The fourth-order valence-corrected chi connectivity index (χ4v) is 2.41. The maximum Gasteiger partial charge on any atom is 0.251 e. The van der Waals surface area contributed by atoms with E-state index in [0.717, 1.165) is 50.4 Å². The van der Waals surface area contributed by atoms with Crippen LogP contribution in [0.15, 0.2) is 36.4 Å². The van der Waals surface area contributed by atoms with Gasteiger partial charge in [0, 0.05) is 31.8 Å². The molecule has 1 aliphatic heterocycles. The zero-order valence-corrected chi connectivity index (χ0v) is 12.7. The fraction of sp³-hybridized carbons (Fsp3) is 0.471. The molecule has 2 rings (SSSR count). The second kappa shape index (κ2) is 8.60. The van der Waals surface area contributed by atoms with E-state index in [0.29, 0.717) is 6.54 Å². The molecule has 0 aromatic heterocycles. The van der Waals surface area contributed by atoms with Crippen LogP contribution in [0.3, 0.4) is 0 Å². The molecule has 1 aliphatic rings. The predicted molar refractivity (Wildman–Crippen MR) is 85.0 cm³/mol. The normalized spacial score (nSPS) is 16.7. The van der Waals surface area contributed by atoms with Crippen LogP contribution >= 0.6 is 0 Å². The third kappa shape index (κ3) is 4.99. The minimum atomic E-state index is 0.0105. The van der Waals surface area contributed by atoms with Gasteiger partial charge in [-0.15, -0.1) is 0 Å². The smallest absolute Gasteiger partial charge is 0.251 e. The summed E-state index contributed by atoms with van der Waals surface area (Å²) >= 11 is 0. The molecule has 0 radical (unpaired) electrons. The lowest BCUT2D eigenvalue weighted by molar-refractivity contribution is -0.115. The number of morpholine rings is 1. The first kappa shape index (κ1) is 15.7. The van der Waals surface area contributed by atoms with E-state index in [9.17, 15) is 4.79 Å². The standard InChI is InChI=1S/C17H24N2O2/c1-2-6-16(15-7-4-3-5-8-15)17(20)18-9-10-19-11-13-21-14-12-19/h3-8H,2,9-14H2,1H3,(H,18,20). The molecule has 1 N–H and O–H groups in total. The molecule has 1 amide bonds. The van der Waals surface area contributed by atoms with Crippen molar-refractivity contribution < 1.29 is 9.53 Å². The van der Waals surface area contributed by atoms with E-state index >= 15 is 0 Å². The van der Waals surface area contributed by atoms with Gasteiger partial charge in [-0.05, 0) is 12.0 Å². The number of nitrogens with zero attached hydrogens (tertiary/aromatic N) is 1. The number of carbonyl (C=O) groups excluding carboxylic acids is 1. The van der Waals surface area contributed by atoms with E-state index in [2.05, 4.69) is 10.2 Å². The summed E-state index contributed by atoms with van der Waals surface area (Å²) in [6.45, 7) is 7.08. The van der Waals surface area contributed by atoms with Gasteiger partial charge >= 0.3 is 0 Å². The van der Waals surface area contributed by atoms with E-state index < -0.39 is 0 Å². The second-order valence-electron chi connectivity index (χ2n) is 5.10. The summed E-state index contributed by atoms with van der Waals surface area (Å²) in [5.41, 5.74) is 1.74. The van der Waals surface area contributed by atoms with E-state index in [1.807, 2.05) is 43.3 Å². The van der Waals surface area contributed by atoms with Crippen molar-refractivity contribution >= 4 is 11.5 Å². The third-order valence-corrected chi connectivity index (χ3v) is 3.55. The van der Waals surface area contributed by atoms with Crippen LogP contribution < -0.4 is 5.32 Å². The average Bonchev–Trinajstić information content (AvgIpc) is 2.54. The largest absolute Gasteiger partial charge is 0.379 e. The Hall–Kier alpha value is -1.65. The van der Waals surface area contributed by atoms with Crippen LogP contribution in [-0.4, -0.2) is 50.2 Å². The highest BCUT2D eigenvalue weighted by Gasteiger charge is 2.13. The molecule has 4 nitrogen and oxygen atoms in total. The van der Waals surface area contributed by atoms with Crippen molar-refractivity contribution in [3.05, 3.63) is 42.0 Å². The van der Waals surface area contributed by atoms with Crippen molar-refractivity contribution in [3.63, 3.8) is 0 Å². The number of ether oxygens (including phenoxy) is 1. The van der Waals surface area contributed by atoms with Crippen molar-refractivity contribution in [2.45, 2.75) is 13.3 Å². The topological polar surface area (TPSA) is 41.6 Å². The van der Waals surface area contributed by atoms with Crippen molar-refractivity contribution in [2.75, 3.05) is 39.4 Å². The minimum Gasteiger partial charge on any atom is -0.379 e. The van der Waals surface area contributed by atoms with Gasteiger partial charge in [-0.2, -0.15) is 0 Å². The zero-order valence-electron chi connectivity index (χ0n) is 12.7. The van der Waals surface area contributed by atoms with Crippen LogP contribution in [0.25, 0.3) is 5.57 Å². The second-order valence-corrected chi connectivity index (χ2v) is 5.10. The lowest BCUT2D eigenvalue weighted by Gasteiger charge is -2.26. The summed E-state index contributed by atoms with van der Waals surface area (Å²) in [5.74, 6) is 0.0105. The first-order chi connectivity index (χ1) is 10.3. The van der Waals surface area contributed by atoms with Gasteiger partial charge < -0.3 is 10.1 Å². The van der Waals surface area contributed by atoms with E-state index in [1.165, 1.54) is 0 Å². The number of amides is 1. The van der Waals surface area contributed by atoms with Crippen LogP contribution in [0.2, 0.25) is 0 Å². The molecule has 1 aromatic carbocycles. The molecule has 0 spiro atoms. The number of rotatable bonds is 6. The average molecular weight is 288 g/mol. The number of hydrogen-bond acceptors (Lipinski definition) is 3. The molecule has 0 bridgehead atoms. The summed E-state index contributed by atoms with van der Waals surface area (Å²) in [5, 5.41) is 3.02. The summed E-state index contributed by atoms with van der Waals surface area (Å²) in [6.07, 6.45) is 2.83. The Kier molecular flexibility index (Phi) is 6.44.